The Kier molecular flexibility index (Phi) is 19.2. The number of unbranched alkanes of at least 4 members (excludes halogenated alkanes) is 13. The zero-order valence-corrected chi connectivity index (χ0v) is 16.5. The van der Waals surface area contributed by atoms with E-state index in [0.717, 1.165) is 0 Å². The van der Waals surface area contributed by atoms with Gasteiger partial charge in [-0.2, -0.15) is 0 Å². The van der Waals surface area contributed by atoms with Gasteiger partial charge >= 0.3 is 0 Å². The molecule has 0 atom stereocenters. The Morgan fingerprint density at radius 1 is 0.591 bits per heavy atom. The van der Waals surface area contributed by atoms with Crippen LogP contribution in [0.1, 0.15) is 117 Å². The van der Waals surface area contributed by atoms with E-state index in [2.05, 4.69) is 20.4 Å². The third-order valence-corrected chi connectivity index (χ3v) is 5.44. The van der Waals surface area contributed by atoms with Crippen LogP contribution in [0.25, 0.3) is 0 Å². The summed E-state index contributed by atoms with van der Waals surface area (Å²) in [4.78, 5) is 1.39. The summed E-state index contributed by atoms with van der Waals surface area (Å²) in [6, 6.07) is 0. The van der Waals surface area contributed by atoms with Crippen LogP contribution in [-0.2, 0) is 0 Å². The van der Waals surface area contributed by atoms with Crippen molar-refractivity contribution in [3.05, 3.63) is 11.5 Å². The average molecular weight is 327 g/mol. The predicted molar refractivity (Wildman–Crippen MR) is 107 cm³/mol. The molecule has 0 saturated heterocycles. The smallest absolute Gasteiger partial charge is 0.00234 e. The van der Waals surface area contributed by atoms with Crippen molar-refractivity contribution in [2.24, 2.45) is 0 Å². The molecule has 0 rings (SSSR count). The van der Waals surface area contributed by atoms with E-state index in [1.165, 1.54) is 113 Å². The molecule has 0 amide bonds. The summed E-state index contributed by atoms with van der Waals surface area (Å²) in [6.45, 7) is 8.64. The molecule has 1 heteroatoms. The molecule has 0 bridgehead atoms. The topological polar surface area (TPSA) is 0 Å². The van der Waals surface area contributed by atoms with Gasteiger partial charge in [0.1, 0.15) is 0 Å². The first kappa shape index (κ1) is 22.1. The zero-order valence-electron chi connectivity index (χ0n) is 15.6. The molecular formula is C21H42S. The molecule has 0 unspecified atom stereocenters. The Morgan fingerprint density at radius 3 is 1.41 bits per heavy atom. The maximum Gasteiger partial charge on any atom is -0.00234 e. The largest absolute Gasteiger partial charge is 0.131 e. The highest BCUT2D eigenvalue weighted by Gasteiger charge is 1.96. The molecule has 0 aromatic heterocycles. The lowest BCUT2D eigenvalue weighted by Crippen LogP contribution is -1.85. The van der Waals surface area contributed by atoms with Crippen molar-refractivity contribution in [3.8, 4) is 0 Å². The van der Waals surface area contributed by atoms with Crippen LogP contribution in [-0.4, -0.2) is 5.75 Å². The van der Waals surface area contributed by atoms with Crippen LogP contribution in [0, 0.1) is 0 Å². The van der Waals surface area contributed by atoms with Gasteiger partial charge in [0.15, 0.2) is 0 Å². The Balaban J connectivity index is 3.01. The Bertz CT molecular complexity index is 222. The SMILES string of the molecule is C=C(CCC)SCCCCCCCCCCCCCCCC. The fourth-order valence-electron chi connectivity index (χ4n) is 2.86. The molecular weight excluding hydrogens is 284 g/mol. The minimum absolute atomic E-state index is 1.20. The van der Waals surface area contributed by atoms with E-state index in [4.69, 9.17) is 0 Å². The third kappa shape index (κ3) is 18.1. The quantitative estimate of drug-likeness (QED) is 0.227. The molecule has 22 heavy (non-hydrogen) atoms. The molecule has 0 radical (unpaired) electrons. The van der Waals surface area contributed by atoms with Crippen molar-refractivity contribution >= 4 is 11.8 Å². The molecule has 0 aliphatic carbocycles. The van der Waals surface area contributed by atoms with Gasteiger partial charge in [-0.1, -0.05) is 110 Å². The Hall–Kier alpha value is 0.0900. The van der Waals surface area contributed by atoms with Crippen molar-refractivity contribution in [1.82, 2.24) is 0 Å². The molecule has 0 heterocycles. The first-order valence-corrected chi connectivity index (χ1v) is 11.1. The molecule has 0 nitrogen and oxygen atoms in total. The van der Waals surface area contributed by atoms with Gasteiger partial charge in [0.25, 0.3) is 0 Å². The second-order valence-electron chi connectivity index (χ2n) is 6.73. The number of rotatable bonds is 18. The minimum Gasteiger partial charge on any atom is -0.131 e. The normalized spacial score (nSPS) is 11.0. The predicted octanol–water partition coefficient (Wildman–Crippen LogP) is 8.51. The van der Waals surface area contributed by atoms with Crippen LogP contribution in [0.15, 0.2) is 11.5 Å². The maximum atomic E-state index is 4.11. The van der Waals surface area contributed by atoms with Gasteiger partial charge in [-0.3, -0.25) is 0 Å². The first-order valence-electron chi connectivity index (χ1n) is 10.1. The fourth-order valence-corrected chi connectivity index (χ4v) is 3.85. The van der Waals surface area contributed by atoms with Crippen LogP contribution in [0.3, 0.4) is 0 Å². The molecule has 0 aliphatic rings. The fraction of sp³-hybridized carbons (Fsp3) is 0.905. The monoisotopic (exact) mass is 326 g/mol. The van der Waals surface area contributed by atoms with Crippen molar-refractivity contribution in [2.45, 2.75) is 117 Å². The van der Waals surface area contributed by atoms with Gasteiger partial charge in [0.05, 0.1) is 0 Å². The summed E-state index contributed by atoms with van der Waals surface area (Å²) < 4.78 is 0. The lowest BCUT2D eigenvalue weighted by molar-refractivity contribution is 0.538. The highest BCUT2D eigenvalue weighted by atomic mass is 32.2. The summed E-state index contributed by atoms with van der Waals surface area (Å²) in [5.74, 6) is 1.29. The van der Waals surface area contributed by atoms with E-state index in [0.29, 0.717) is 0 Å². The molecule has 0 aliphatic heterocycles. The molecule has 0 spiro atoms. The van der Waals surface area contributed by atoms with Gasteiger partial charge in [-0.25, -0.2) is 0 Å². The minimum atomic E-state index is 1.20. The van der Waals surface area contributed by atoms with E-state index in [-0.39, 0.29) is 0 Å². The summed E-state index contributed by atoms with van der Waals surface area (Å²) in [6.07, 6.45) is 22.7. The standard InChI is InChI=1S/C21H42S/c1-4-6-7-8-9-10-11-12-13-14-15-16-17-18-20-22-21(3)19-5-2/h3-20H2,1-2H3. The molecule has 0 aromatic rings. The second-order valence-corrected chi connectivity index (χ2v) is 8.01. The number of thioether (sulfide) groups is 1. The van der Waals surface area contributed by atoms with Gasteiger partial charge in [-0.05, 0) is 23.5 Å². The Morgan fingerprint density at radius 2 is 1.00 bits per heavy atom. The van der Waals surface area contributed by atoms with E-state index in [1.807, 2.05) is 11.8 Å². The Labute approximate surface area is 145 Å². The maximum absolute atomic E-state index is 4.11. The van der Waals surface area contributed by atoms with Gasteiger partial charge in [0, 0.05) is 0 Å². The van der Waals surface area contributed by atoms with Crippen molar-refractivity contribution in [3.63, 3.8) is 0 Å². The van der Waals surface area contributed by atoms with Gasteiger partial charge in [0.2, 0.25) is 0 Å². The molecule has 0 aromatic carbocycles. The number of hydrogen-bond donors (Lipinski definition) is 0. The molecule has 0 saturated carbocycles. The summed E-state index contributed by atoms with van der Waals surface area (Å²) in [7, 11) is 0. The van der Waals surface area contributed by atoms with Crippen LogP contribution < -0.4 is 0 Å². The van der Waals surface area contributed by atoms with E-state index >= 15 is 0 Å². The van der Waals surface area contributed by atoms with E-state index in [9.17, 15) is 0 Å². The molecule has 0 N–H and O–H groups in total. The molecule has 132 valence electrons. The van der Waals surface area contributed by atoms with Crippen LogP contribution in [0.5, 0.6) is 0 Å². The first-order chi connectivity index (χ1) is 10.8. The second kappa shape index (κ2) is 19.1. The number of allylic oxidation sites excluding steroid dienone is 1. The zero-order chi connectivity index (χ0) is 16.3. The summed E-state index contributed by atoms with van der Waals surface area (Å²) >= 11 is 1.99. The lowest BCUT2D eigenvalue weighted by atomic mass is 10.0. The van der Waals surface area contributed by atoms with Gasteiger partial charge < -0.3 is 0 Å². The number of hydrogen-bond acceptors (Lipinski definition) is 1. The van der Waals surface area contributed by atoms with Crippen molar-refractivity contribution in [1.29, 1.82) is 0 Å². The lowest BCUT2D eigenvalue weighted by Gasteiger charge is -2.04. The van der Waals surface area contributed by atoms with Crippen LogP contribution in [0.2, 0.25) is 0 Å². The molecule has 0 fully saturated rings. The van der Waals surface area contributed by atoms with Crippen LogP contribution >= 0.6 is 11.8 Å². The highest BCUT2D eigenvalue weighted by molar-refractivity contribution is 8.03. The van der Waals surface area contributed by atoms with E-state index in [1.54, 1.807) is 0 Å². The van der Waals surface area contributed by atoms with Crippen molar-refractivity contribution in [2.75, 3.05) is 5.75 Å². The average Bonchev–Trinajstić information content (AvgIpc) is 2.51. The van der Waals surface area contributed by atoms with E-state index < -0.39 is 0 Å². The van der Waals surface area contributed by atoms with Gasteiger partial charge in [-0.15, -0.1) is 11.8 Å². The van der Waals surface area contributed by atoms with Crippen molar-refractivity contribution < 1.29 is 0 Å². The van der Waals surface area contributed by atoms with Crippen LogP contribution in [0.4, 0.5) is 0 Å². The highest BCUT2D eigenvalue weighted by Crippen LogP contribution is 2.20. The summed E-state index contributed by atoms with van der Waals surface area (Å²) in [5, 5.41) is 0. The third-order valence-electron chi connectivity index (χ3n) is 4.33. The summed E-state index contributed by atoms with van der Waals surface area (Å²) in [5.41, 5.74) is 0.